The number of nitrogens with zero attached hydrogens (tertiary/aromatic N) is 3. The Hall–Kier alpha value is -3.44. The maximum absolute atomic E-state index is 12.5. The second-order valence-electron chi connectivity index (χ2n) is 7.22. The lowest BCUT2D eigenvalue weighted by molar-refractivity contribution is -0.114. The monoisotopic (exact) mass is 512 g/mol. The lowest BCUT2D eigenvalue weighted by atomic mass is 10.1. The molecule has 0 saturated heterocycles. The number of amidine groups is 3. The molecule has 0 unspecified atom stereocenters. The first kappa shape index (κ1) is 24.7. The summed E-state index contributed by atoms with van der Waals surface area (Å²) in [4.78, 5) is 18.2. The largest absolute Gasteiger partial charge is 0.493 e. The van der Waals surface area contributed by atoms with E-state index >= 15 is 0 Å². The van der Waals surface area contributed by atoms with Crippen molar-refractivity contribution in [3.8, 4) is 23.0 Å². The Morgan fingerprint density at radius 2 is 1.71 bits per heavy atom. The molecule has 4 rings (SSSR count). The molecule has 0 atom stereocenters. The number of benzene rings is 2. The highest BCUT2D eigenvalue weighted by atomic mass is 32.2. The fraction of sp³-hybridized carbons (Fsp3) is 0.250. The van der Waals surface area contributed by atoms with Crippen LogP contribution in [0.25, 0.3) is 6.08 Å². The molecule has 0 saturated carbocycles. The van der Waals surface area contributed by atoms with Gasteiger partial charge in [-0.05, 0) is 42.2 Å². The van der Waals surface area contributed by atoms with Gasteiger partial charge in [0.15, 0.2) is 28.2 Å². The minimum atomic E-state index is -0.472. The van der Waals surface area contributed by atoms with E-state index < -0.39 is 5.91 Å². The first-order valence-corrected chi connectivity index (χ1v) is 12.6. The van der Waals surface area contributed by atoms with E-state index in [2.05, 4.69) is 9.39 Å². The van der Waals surface area contributed by atoms with Crippen LogP contribution >= 0.6 is 23.7 Å². The molecule has 0 aliphatic carbocycles. The van der Waals surface area contributed by atoms with Gasteiger partial charge >= 0.3 is 0 Å². The third-order valence-electron chi connectivity index (χ3n) is 5.05. The van der Waals surface area contributed by atoms with Gasteiger partial charge in [-0.1, -0.05) is 30.0 Å². The highest BCUT2D eigenvalue weighted by Crippen LogP contribution is 2.33. The molecule has 35 heavy (non-hydrogen) atoms. The number of hydrogen-bond acceptors (Lipinski definition) is 9. The van der Waals surface area contributed by atoms with Crippen molar-refractivity contribution >= 4 is 51.9 Å². The number of hydrogen-bond donors (Lipinski definition) is 1. The maximum Gasteiger partial charge on any atom is 0.283 e. The summed E-state index contributed by atoms with van der Waals surface area (Å²) in [7, 11) is 3.16. The number of rotatable bonds is 9. The van der Waals surface area contributed by atoms with Crippen molar-refractivity contribution in [2.75, 3.05) is 33.7 Å². The van der Waals surface area contributed by atoms with Crippen LogP contribution in [0.2, 0.25) is 0 Å². The molecule has 0 bridgehead atoms. The number of amides is 1. The Balaban J connectivity index is 1.39. The molecule has 1 N–H and O–H groups in total. The van der Waals surface area contributed by atoms with E-state index in [1.54, 1.807) is 43.4 Å². The second-order valence-corrected chi connectivity index (χ2v) is 8.73. The van der Waals surface area contributed by atoms with E-state index in [1.165, 1.54) is 11.8 Å². The Labute approximate surface area is 211 Å². The molecule has 2 aromatic rings. The molecule has 2 aliphatic heterocycles. The van der Waals surface area contributed by atoms with Crippen molar-refractivity contribution in [2.24, 2.45) is 9.39 Å². The Kier molecular flexibility index (Phi) is 7.98. The molecule has 9 nitrogen and oxygen atoms in total. The zero-order chi connectivity index (χ0) is 24.8. The lowest BCUT2D eigenvalue weighted by Gasteiger charge is -2.23. The highest BCUT2D eigenvalue weighted by molar-refractivity contribution is 8.18. The summed E-state index contributed by atoms with van der Waals surface area (Å²) in [5, 5.41) is 9.54. The molecule has 2 heterocycles. The zero-order valence-corrected chi connectivity index (χ0v) is 21.1. The topological polar surface area (TPSA) is 106 Å². The molecule has 0 fully saturated rings. The third kappa shape index (κ3) is 5.46. The average Bonchev–Trinajstić information content (AvgIpc) is 3.30. The fourth-order valence-electron chi connectivity index (χ4n) is 3.35. The summed E-state index contributed by atoms with van der Waals surface area (Å²) in [5.41, 5.74) is 0.872. The molecule has 2 aromatic carbocycles. The van der Waals surface area contributed by atoms with Gasteiger partial charge in [-0.2, -0.15) is 9.39 Å². The van der Waals surface area contributed by atoms with E-state index in [0.717, 1.165) is 11.9 Å². The van der Waals surface area contributed by atoms with E-state index in [9.17, 15) is 4.79 Å². The molecule has 11 heteroatoms. The SMILES string of the molecule is COc1ccccc1OCCCOc1ccc(/C=C2/C(=N)N3C(SC)=NSC3=NC2=O)cc1OC. The van der Waals surface area contributed by atoms with Crippen LogP contribution in [0.3, 0.4) is 0 Å². The summed E-state index contributed by atoms with van der Waals surface area (Å²) >= 11 is 2.49. The number of methoxy groups -OCH3 is 2. The van der Waals surface area contributed by atoms with Crippen molar-refractivity contribution < 1.29 is 23.7 Å². The molecule has 0 aromatic heterocycles. The summed E-state index contributed by atoms with van der Waals surface area (Å²) in [6.07, 6.45) is 4.15. The minimum absolute atomic E-state index is 0.0486. The van der Waals surface area contributed by atoms with Crippen molar-refractivity contribution in [1.82, 2.24) is 4.90 Å². The molecule has 2 aliphatic rings. The predicted molar refractivity (Wildman–Crippen MR) is 140 cm³/mol. The van der Waals surface area contributed by atoms with Gasteiger partial charge in [0, 0.05) is 6.42 Å². The van der Waals surface area contributed by atoms with Crippen LogP contribution in [0, 0.1) is 5.41 Å². The van der Waals surface area contributed by atoms with Crippen LogP contribution in [-0.2, 0) is 4.79 Å². The van der Waals surface area contributed by atoms with Crippen LogP contribution in [0.4, 0.5) is 0 Å². The van der Waals surface area contributed by atoms with Crippen LogP contribution < -0.4 is 18.9 Å². The van der Waals surface area contributed by atoms with E-state index in [1.807, 2.05) is 30.5 Å². The van der Waals surface area contributed by atoms with Gasteiger partial charge in [0.1, 0.15) is 5.84 Å². The van der Waals surface area contributed by atoms with Gasteiger partial charge in [0.2, 0.25) is 5.17 Å². The minimum Gasteiger partial charge on any atom is -0.493 e. The summed E-state index contributed by atoms with van der Waals surface area (Å²) in [5.74, 6) is 2.05. The Morgan fingerprint density at radius 3 is 2.40 bits per heavy atom. The zero-order valence-electron chi connectivity index (χ0n) is 19.4. The molecule has 1 amide bonds. The maximum atomic E-state index is 12.5. The van der Waals surface area contributed by atoms with Crippen LogP contribution in [0.5, 0.6) is 23.0 Å². The number of carbonyl (C=O) groups excluding carboxylic acids is 1. The first-order valence-electron chi connectivity index (χ1n) is 10.6. The Bertz CT molecular complexity index is 1230. The fourth-order valence-corrected chi connectivity index (χ4v) is 4.81. The van der Waals surface area contributed by atoms with Gasteiger partial charge < -0.3 is 18.9 Å². The molecular weight excluding hydrogens is 488 g/mol. The lowest BCUT2D eigenvalue weighted by Crippen LogP contribution is -2.41. The molecule has 0 radical (unpaired) electrons. The average molecular weight is 513 g/mol. The first-order chi connectivity index (χ1) is 17.0. The van der Waals surface area contributed by atoms with Gasteiger partial charge in [-0.15, -0.1) is 0 Å². The van der Waals surface area contributed by atoms with Crippen LogP contribution in [-0.4, -0.2) is 60.7 Å². The van der Waals surface area contributed by atoms with Gasteiger partial charge in [-0.3, -0.25) is 10.2 Å². The Morgan fingerprint density at radius 1 is 1.03 bits per heavy atom. The molecule has 182 valence electrons. The van der Waals surface area contributed by atoms with Crippen molar-refractivity contribution in [1.29, 1.82) is 5.41 Å². The quantitative estimate of drug-likeness (QED) is 0.298. The number of carbonyl (C=O) groups is 1. The highest BCUT2D eigenvalue weighted by Gasteiger charge is 2.37. The summed E-state index contributed by atoms with van der Waals surface area (Å²) in [6.45, 7) is 0.895. The van der Waals surface area contributed by atoms with E-state index in [4.69, 9.17) is 24.4 Å². The number of nitrogens with one attached hydrogen (secondary N) is 1. The number of fused-ring (bicyclic) bond motifs is 1. The number of ether oxygens (including phenoxy) is 4. The molecular formula is C24H24N4O5S2. The van der Waals surface area contributed by atoms with E-state index in [-0.39, 0.29) is 11.4 Å². The summed E-state index contributed by atoms with van der Waals surface area (Å²) < 4.78 is 26.7. The van der Waals surface area contributed by atoms with Crippen molar-refractivity contribution in [3.05, 3.63) is 53.6 Å². The third-order valence-corrected chi connectivity index (χ3v) is 6.50. The van der Waals surface area contributed by atoms with Crippen molar-refractivity contribution in [3.63, 3.8) is 0 Å². The number of thioether (sulfide) groups is 1. The second kappa shape index (κ2) is 11.3. The normalized spacial score (nSPS) is 16.1. The predicted octanol–water partition coefficient (Wildman–Crippen LogP) is 4.49. The summed E-state index contributed by atoms with van der Waals surface area (Å²) in [6, 6.07) is 12.8. The number of para-hydroxylation sites is 2. The van der Waals surface area contributed by atoms with E-state index in [0.29, 0.717) is 58.5 Å². The van der Waals surface area contributed by atoms with Crippen molar-refractivity contribution in [2.45, 2.75) is 6.42 Å². The van der Waals surface area contributed by atoms with Crippen LogP contribution in [0.1, 0.15) is 12.0 Å². The standard InChI is InChI=1S/C24H24N4O5S2/c1-30-17-7-4-5-8-18(17)32-11-6-12-33-19-10-9-15(14-20(19)31-2)13-16-21(25)28-23(26-22(16)29)35-27-24(28)34-3/h4-5,7-10,13-14,25H,6,11-12H2,1-3H3/b16-13-,25-21?. The van der Waals surface area contributed by atoms with Gasteiger partial charge in [-0.25, -0.2) is 4.90 Å². The van der Waals surface area contributed by atoms with Crippen LogP contribution in [0.15, 0.2) is 57.4 Å². The van der Waals surface area contributed by atoms with Gasteiger partial charge in [0.05, 0.1) is 45.0 Å². The molecule has 0 spiro atoms. The number of aliphatic imine (C=N–C) groups is 1. The smallest absolute Gasteiger partial charge is 0.283 e. The van der Waals surface area contributed by atoms with Gasteiger partial charge in [0.25, 0.3) is 5.91 Å².